The summed E-state index contributed by atoms with van der Waals surface area (Å²) in [6, 6.07) is 11.4. The lowest BCUT2D eigenvalue weighted by Crippen LogP contribution is -2.36. The maximum absolute atomic E-state index is 12.5. The quantitative estimate of drug-likeness (QED) is 0.692. The zero-order chi connectivity index (χ0) is 20.1. The Morgan fingerprint density at radius 2 is 1.97 bits per heavy atom. The largest absolute Gasteiger partial charge is 0.378 e. The smallest absolute Gasteiger partial charge is 0.251 e. The van der Waals surface area contributed by atoms with Gasteiger partial charge in [0.2, 0.25) is 0 Å². The van der Waals surface area contributed by atoms with E-state index < -0.39 is 0 Å². The second kappa shape index (κ2) is 8.83. The fourth-order valence-electron chi connectivity index (χ4n) is 3.30. The van der Waals surface area contributed by atoms with E-state index in [-0.39, 0.29) is 5.91 Å². The van der Waals surface area contributed by atoms with Crippen LogP contribution in [-0.2, 0) is 17.8 Å². The molecule has 8 heteroatoms. The summed E-state index contributed by atoms with van der Waals surface area (Å²) in [6.07, 6.45) is 3.49. The Morgan fingerprint density at radius 3 is 2.72 bits per heavy atom. The van der Waals surface area contributed by atoms with Crippen LogP contribution in [0, 0.1) is 0 Å². The lowest BCUT2D eigenvalue weighted by Gasteiger charge is -2.28. The molecule has 0 aliphatic carbocycles. The first-order valence-electron chi connectivity index (χ1n) is 9.78. The first kappa shape index (κ1) is 19.1. The molecular formula is C21H24N6O2. The summed E-state index contributed by atoms with van der Waals surface area (Å²) in [7, 11) is 0. The van der Waals surface area contributed by atoms with Gasteiger partial charge in [-0.15, -0.1) is 10.2 Å². The van der Waals surface area contributed by atoms with Crippen molar-refractivity contribution in [3.05, 3.63) is 60.0 Å². The van der Waals surface area contributed by atoms with Crippen LogP contribution in [0.15, 0.2) is 48.9 Å². The molecule has 1 N–H and O–H groups in total. The van der Waals surface area contributed by atoms with Crippen LogP contribution >= 0.6 is 0 Å². The highest BCUT2D eigenvalue weighted by Gasteiger charge is 2.13. The number of hydrogen-bond acceptors (Lipinski definition) is 6. The molecule has 150 valence electrons. The average molecular weight is 392 g/mol. The van der Waals surface area contributed by atoms with E-state index in [4.69, 9.17) is 4.74 Å². The van der Waals surface area contributed by atoms with Gasteiger partial charge in [0, 0.05) is 43.5 Å². The average Bonchev–Trinajstić information content (AvgIpc) is 3.27. The molecule has 29 heavy (non-hydrogen) atoms. The molecule has 0 spiro atoms. The van der Waals surface area contributed by atoms with Crippen LogP contribution < -0.4 is 10.2 Å². The van der Waals surface area contributed by atoms with Crippen molar-refractivity contribution in [1.82, 2.24) is 25.1 Å². The summed E-state index contributed by atoms with van der Waals surface area (Å²) < 4.78 is 7.35. The number of carbonyl (C=O) groups excluding carboxylic acids is 1. The van der Waals surface area contributed by atoms with Gasteiger partial charge in [-0.2, -0.15) is 0 Å². The number of amides is 1. The van der Waals surface area contributed by atoms with Gasteiger partial charge in [0.25, 0.3) is 5.91 Å². The van der Waals surface area contributed by atoms with Crippen molar-refractivity contribution in [3.8, 4) is 11.4 Å². The molecule has 4 rings (SSSR count). The van der Waals surface area contributed by atoms with Crippen LogP contribution in [0.4, 0.5) is 5.82 Å². The molecule has 0 unspecified atom stereocenters. The van der Waals surface area contributed by atoms with Crippen molar-refractivity contribution in [2.45, 2.75) is 20.0 Å². The molecule has 3 aromatic rings. The number of aryl methyl sites for hydroxylation is 1. The second-order valence-electron chi connectivity index (χ2n) is 6.82. The summed E-state index contributed by atoms with van der Waals surface area (Å²) in [4.78, 5) is 19.2. The summed E-state index contributed by atoms with van der Waals surface area (Å²) in [5.74, 6) is 1.61. The Morgan fingerprint density at radius 1 is 1.17 bits per heavy atom. The van der Waals surface area contributed by atoms with Crippen LogP contribution in [0.5, 0.6) is 0 Å². The van der Waals surface area contributed by atoms with E-state index in [0.717, 1.165) is 42.4 Å². The van der Waals surface area contributed by atoms with Gasteiger partial charge in [0.05, 0.1) is 13.2 Å². The minimum absolute atomic E-state index is 0.113. The highest BCUT2D eigenvalue weighted by molar-refractivity contribution is 5.94. The van der Waals surface area contributed by atoms with E-state index in [9.17, 15) is 4.79 Å². The molecule has 1 fully saturated rings. The Hall–Kier alpha value is -3.26. The number of pyridine rings is 1. The van der Waals surface area contributed by atoms with Crippen LogP contribution in [0.3, 0.4) is 0 Å². The van der Waals surface area contributed by atoms with Crippen LogP contribution in [0.2, 0.25) is 0 Å². The SMILES string of the molecule is CCn1cnnc1-c1ccc(C(=O)NCc2ccnc(N3CCOCC3)c2)cc1. The maximum atomic E-state index is 12.5. The summed E-state index contributed by atoms with van der Waals surface area (Å²) in [5.41, 5.74) is 2.56. The standard InChI is InChI=1S/C21H24N6O2/c1-2-26-15-24-25-20(26)17-3-5-18(6-4-17)21(28)23-14-16-7-8-22-19(13-16)27-9-11-29-12-10-27/h3-8,13,15H,2,9-12,14H2,1H3,(H,23,28). The topological polar surface area (TPSA) is 85.2 Å². The van der Waals surface area contributed by atoms with Crippen molar-refractivity contribution in [2.75, 3.05) is 31.2 Å². The molecule has 2 aromatic heterocycles. The van der Waals surface area contributed by atoms with E-state index in [1.54, 1.807) is 12.5 Å². The monoisotopic (exact) mass is 392 g/mol. The van der Waals surface area contributed by atoms with E-state index in [1.165, 1.54) is 0 Å². The van der Waals surface area contributed by atoms with Gasteiger partial charge < -0.3 is 19.5 Å². The van der Waals surface area contributed by atoms with Crippen molar-refractivity contribution in [3.63, 3.8) is 0 Å². The van der Waals surface area contributed by atoms with E-state index >= 15 is 0 Å². The lowest BCUT2D eigenvalue weighted by molar-refractivity contribution is 0.0951. The van der Waals surface area contributed by atoms with E-state index in [1.807, 2.05) is 47.9 Å². The zero-order valence-electron chi connectivity index (χ0n) is 16.4. The highest BCUT2D eigenvalue weighted by atomic mass is 16.5. The number of morpholine rings is 1. The number of carbonyl (C=O) groups is 1. The number of rotatable bonds is 6. The maximum Gasteiger partial charge on any atom is 0.251 e. The minimum Gasteiger partial charge on any atom is -0.378 e. The fourth-order valence-corrected chi connectivity index (χ4v) is 3.30. The first-order chi connectivity index (χ1) is 14.2. The molecule has 1 aliphatic heterocycles. The Labute approximate surface area is 169 Å². The fraction of sp³-hybridized carbons (Fsp3) is 0.333. The number of hydrogen-bond donors (Lipinski definition) is 1. The molecule has 3 heterocycles. The van der Waals surface area contributed by atoms with Crippen molar-refractivity contribution < 1.29 is 9.53 Å². The third-order valence-electron chi connectivity index (χ3n) is 4.96. The van der Waals surface area contributed by atoms with E-state index in [2.05, 4.69) is 25.4 Å². The molecular weight excluding hydrogens is 368 g/mol. The van der Waals surface area contributed by atoms with Gasteiger partial charge in [0.1, 0.15) is 12.1 Å². The summed E-state index contributed by atoms with van der Waals surface area (Å²) in [6.45, 7) is 6.38. The Kier molecular flexibility index (Phi) is 5.81. The van der Waals surface area contributed by atoms with Gasteiger partial charge in [-0.25, -0.2) is 4.98 Å². The van der Waals surface area contributed by atoms with Gasteiger partial charge in [-0.1, -0.05) is 12.1 Å². The molecule has 1 amide bonds. The predicted octanol–water partition coefficient (Wildman–Crippen LogP) is 2.13. The van der Waals surface area contributed by atoms with Gasteiger partial charge >= 0.3 is 0 Å². The van der Waals surface area contributed by atoms with Crippen molar-refractivity contribution in [2.24, 2.45) is 0 Å². The predicted molar refractivity (Wildman–Crippen MR) is 110 cm³/mol. The molecule has 1 aliphatic rings. The molecule has 1 saturated heterocycles. The van der Waals surface area contributed by atoms with Crippen LogP contribution in [0.25, 0.3) is 11.4 Å². The number of nitrogens with zero attached hydrogens (tertiary/aromatic N) is 5. The molecule has 0 atom stereocenters. The third-order valence-corrected chi connectivity index (χ3v) is 4.96. The number of nitrogens with one attached hydrogen (secondary N) is 1. The first-order valence-corrected chi connectivity index (χ1v) is 9.78. The van der Waals surface area contributed by atoms with Crippen LogP contribution in [-0.4, -0.2) is 52.0 Å². The Balaban J connectivity index is 1.38. The van der Waals surface area contributed by atoms with Crippen molar-refractivity contribution >= 4 is 11.7 Å². The number of ether oxygens (including phenoxy) is 1. The summed E-state index contributed by atoms with van der Waals surface area (Å²) >= 11 is 0. The second-order valence-corrected chi connectivity index (χ2v) is 6.82. The van der Waals surface area contributed by atoms with Crippen molar-refractivity contribution in [1.29, 1.82) is 0 Å². The van der Waals surface area contributed by atoms with Gasteiger partial charge in [-0.3, -0.25) is 4.79 Å². The third kappa shape index (κ3) is 4.43. The lowest BCUT2D eigenvalue weighted by atomic mass is 10.1. The molecule has 8 nitrogen and oxygen atoms in total. The van der Waals surface area contributed by atoms with E-state index in [0.29, 0.717) is 25.3 Å². The highest BCUT2D eigenvalue weighted by Crippen LogP contribution is 2.18. The number of benzene rings is 1. The molecule has 0 bridgehead atoms. The van der Waals surface area contributed by atoms with Gasteiger partial charge in [-0.05, 0) is 36.8 Å². The number of anilines is 1. The molecule has 0 saturated carbocycles. The van der Waals surface area contributed by atoms with Gasteiger partial charge in [0.15, 0.2) is 5.82 Å². The normalized spacial score (nSPS) is 14.0. The molecule has 1 aromatic carbocycles. The molecule has 0 radical (unpaired) electrons. The minimum atomic E-state index is -0.113. The number of aromatic nitrogens is 4. The van der Waals surface area contributed by atoms with Crippen LogP contribution in [0.1, 0.15) is 22.8 Å². The zero-order valence-corrected chi connectivity index (χ0v) is 16.4. The summed E-state index contributed by atoms with van der Waals surface area (Å²) in [5, 5.41) is 11.1. The Bertz CT molecular complexity index is 963.